The summed E-state index contributed by atoms with van der Waals surface area (Å²) in [6.07, 6.45) is 8.65. The first-order chi connectivity index (χ1) is 16.0. The lowest BCUT2D eigenvalue weighted by atomic mass is 10.0. The smallest absolute Gasteiger partial charge is 0.220 e. The molecule has 0 aromatic heterocycles. The standard InChI is InChI=1S/C27H35N3O3/c1-21(27(28)32)12-17-26(31)29-18-19-30(23-10-6-3-7-11-23)24-13-15-25(16-14-24)33-20-22-8-4-2-5-9-22/h2,4-6,8-10,13-16,21,23H,3,7,11-12,17-20H2,1H3,(H2,28,32)(H,29,31). The molecule has 0 radical (unpaired) electrons. The predicted molar refractivity (Wildman–Crippen MR) is 132 cm³/mol. The van der Waals surface area contributed by atoms with E-state index in [9.17, 15) is 9.59 Å². The molecule has 0 bridgehead atoms. The summed E-state index contributed by atoms with van der Waals surface area (Å²) in [4.78, 5) is 25.7. The van der Waals surface area contributed by atoms with E-state index in [1.807, 2.05) is 42.5 Å². The van der Waals surface area contributed by atoms with Gasteiger partial charge in [-0.3, -0.25) is 9.59 Å². The maximum absolute atomic E-state index is 12.2. The van der Waals surface area contributed by atoms with Gasteiger partial charge in [-0.25, -0.2) is 0 Å². The molecular formula is C27H35N3O3. The molecule has 0 saturated carbocycles. The third-order valence-electron chi connectivity index (χ3n) is 6.01. The zero-order valence-corrected chi connectivity index (χ0v) is 19.4. The number of carbonyl (C=O) groups is 2. The van der Waals surface area contributed by atoms with Gasteiger partial charge in [0, 0.05) is 37.2 Å². The number of nitrogens with one attached hydrogen (secondary N) is 1. The van der Waals surface area contributed by atoms with Crippen LogP contribution in [0.5, 0.6) is 5.75 Å². The number of hydrogen-bond donors (Lipinski definition) is 2. The Kier molecular flexibility index (Phi) is 9.36. The molecule has 2 aromatic rings. The van der Waals surface area contributed by atoms with Crippen LogP contribution in [-0.2, 0) is 16.2 Å². The minimum atomic E-state index is -0.366. The summed E-state index contributed by atoms with van der Waals surface area (Å²) in [5, 5.41) is 2.98. The summed E-state index contributed by atoms with van der Waals surface area (Å²) < 4.78 is 5.93. The van der Waals surface area contributed by atoms with Gasteiger partial charge in [0.05, 0.1) is 0 Å². The largest absolute Gasteiger partial charge is 0.489 e. The molecule has 176 valence electrons. The lowest BCUT2D eigenvalue weighted by Gasteiger charge is -2.33. The lowest BCUT2D eigenvalue weighted by molar-refractivity contribution is -0.123. The van der Waals surface area contributed by atoms with Gasteiger partial charge in [0.1, 0.15) is 12.4 Å². The Morgan fingerprint density at radius 1 is 1.15 bits per heavy atom. The van der Waals surface area contributed by atoms with Crippen LogP contribution >= 0.6 is 0 Å². The van der Waals surface area contributed by atoms with E-state index in [4.69, 9.17) is 10.5 Å². The first-order valence-corrected chi connectivity index (χ1v) is 11.8. The number of ether oxygens (including phenoxy) is 1. The number of nitrogens with zero attached hydrogens (tertiary/aromatic N) is 1. The van der Waals surface area contributed by atoms with Gasteiger partial charge in [-0.2, -0.15) is 0 Å². The molecule has 1 aliphatic rings. The Labute approximate surface area is 196 Å². The molecule has 0 heterocycles. The molecule has 0 spiro atoms. The molecule has 2 unspecified atom stereocenters. The Bertz CT molecular complexity index is 912. The Morgan fingerprint density at radius 2 is 1.91 bits per heavy atom. The van der Waals surface area contributed by atoms with Crippen LogP contribution in [0.2, 0.25) is 0 Å². The topological polar surface area (TPSA) is 84.7 Å². The molecule has 2 amide bonds. The Balaban J connectivity index is 1.56. The number of hydrogen-bond acceptors (Lipinski definition) is 4. The lowest BCUT2D eigenvalue weighted by Crippen LogP contribution is -2.41. The molecule has 2 atom stereocenters. The highest BCUT2D eigenvalue weighted by atomic mass is 16.5. The van der Waals surface area contributed by atoms with Crippen molar-refractivity contribution in [3.8, 4) is 5.75 Å². The van der Waals surface area contributed by atoms with Crippen LogP contribution in [0.25, 0.3) is 0 Å². The van der Waals surface area contributed by atoms with Gasteiger partial charge in [-0.05, 0) is 55.5 Å². The second kappa shape index (κ2) is 12.7. The monoisotopic (exact) mass is 449 g/mol. The molecular weight excluding hydrogens is 414 g/mol. The van der Waals surface area contributed by atoms with Crippen LogP contribution in [-0.4, -0.2) is 30.9 Å². The highest BCUT2D eigenvalue weighted by molar-refractivity contribution is 5.79. The molecule has 3 N–H and O–H groups in total. The average Bonchev–Trinajstić information content (AvgIpc) is 2.85. The number of allylic oxidation sites excluding steroid dienone is 1. The van der Waals surface area contributed by atoms with Crippen molar-refractivity contribution in [2.45, 2.75) is 51.7 Å². The first kappa shape index (κ1) is 24.4. The number of nitrogens with two attached hydrogens (primary N) is 1. The van der Waals surface area contributed by atoms with Crippen molar-refractivity contribution in [1.82, 2.24) is 5.32 Å². The van der Waals surface area contributed by atoms with E-state index < -0.39 is 0 Å². The predicted octanol–water partition coefficient (Wildman–Crippen LogP) is 4.20. The normalized spacial score (nSPS) is 16.1. The zero-order valence-electron chi connectivity index (χ0n) is 19.4. The number of carbonyl (C=O) groups excluding carboxylic acids is 2. The van der Waals surface area contributed by atoms with Crippen LogP contribution in [0.3, 0.4) is 0 Å². The quantitative estimate of drug-likeness (QED) is 0.476. The highest BCUT2D eigenvalue weighted by Crippen LogP contribution is 2.26. The molecule has 0 fully saturated rings. The van der Waals surface area contributed by atoms with Gasteiger partial charge >= 0.3 is 0 Å². The van der Waals surface area contributed by atoms with E-state index >= 15 is 0 Å². The van der Waals surface area contributed by atoms with Gasteiger partial charge in [-0.15, -0.1) is 0 Å². The van der Waals surface area contributed by atoms with Crippen LogP contribution in [0.15, 0.2) is 66.7 Å². The summed E-state index contributed by atoms with van der Waals surface area (Å²) in [6, 6.07) is 18.6. The SMILES string of the molecule is CC(CCC(=O)NCCN(c1ccc(OCc2ccccc2)cc1)C1C=CCCC1)C(N)=O. The average molecular weight is 450 g/mol. The van der Waals surface area contributed by atoms with Crippen molar-refractivity contribution in [2.75, 3.05) is 18.0 Å². The molecule has 1 aliphatic carbocycles. The third-order valence-corrected chi connectivity index (χ3v) is 6.01. The number of rotatable bonds is 12. The van der Waals surface area contributed by atoms with Gasteiger partial charge in [0.25, 0.3) is 0 Å². The minimum Gasteiger partial charge on any atom is -0.489 e. The zero-order chi connectivity index (χ0) is 23.5. The Morgan fingerprint density at radius 3 is 2.58 bits per heavy atom. The molecule has 6 heteroatoms. The van der Waals surface area contributed by atoms with Gasteiger partial charge in [0.15, 0.2) is 0 Å². The number of anilines is 1. The van der Waals surface area contributed by atoms with E-state index in [-0.39, 0.29) is 17.7 Å². The fourth-order valence-corrected chi connectivity index (χ4v) is 3.91. The van der Waals surface area contributed by atoms with Crippen LogP contribution in [0.4, 0.5) is 5.69 Å². The van der Waals surface area contributed by atoms with Gasteiger partial charge in [0.2, 0.25) is 11.8 Å². The van der Waals surface area contributed by atoms with E-state index in [0.29, 0.717) is 38.6 Å². The summed E-state index contributed by atoms with van der Waals surface area (Å²) in [7, 11) is 0. The van der Waals surface area contributed by atoms with Crippen molar-refractivity contribution in [2.24, 2.45) is 11.7 Å². The van der Waals surface area contributed by atoms with Crippen LogP contribution in [0, 0.1) is 5.92 Å². The van der Waals surface area contributed by atoms with Crippen LogP contribution in [0.1, 0.15) is 44.6 Å². The van der Waals surface area contributed by atoms with Crippen LogP contribution < -0.4 is 20.7 Å². The molecule has 6 nitrogen and oxygen atoms in total. The highest BCUT2D eigenvalue weighted by Gasteiger charge is 2.19. The number of benzene rings is 2. The summed E-state index contributed by atoms with van der Waals surface area (Å²) >= 11 is 0. The molecule has 3 rings (SSSR count). The Hall–Kier alpha value is -3.28. The minimum absolute atomic E-state index is 0.0492. The summed E-state index contributed by atoms with van der Waals surface area (Å²) in [5.41, 5.74) is 7.52. The second-order valence-electron chi connectivity index (χ2n) is 8.58. The maximum atomic E-state index is 12.2. The van der Waals surface area contributed by atoms with Crippen molar-refractivity contribution in [3.05, 3.63) is 72.3 Å². The van der Waals surface area contributed by atoms with Gasteiger partial charge in [-0.1, -0.05) is 49.4 Å². The van der Waals surface area contributed by atoms with Crippen molar-refractivity contribution in [1.29, 1.82) is 0 Å². The van der Waals surface area contributed by atoms with E-state index in [0.717, 1.165) is 36.3 Å². The molecule has 33 heavy (non-hydrogen) atoms. The van der Waals surface area contributed by atoms with Gasteiger partial charge < -0.3 is 20.7 Å². The summed E-state index contributed by atoms with van der Waals surface area (Å²) in [5.74, 6) is 0.127. The fourth-order valence-electron chi connectivity index (χ4n) is 3.91. The van der Waals surface area contributed by atoms with Crippen molar-refractivity contribution >= 4 is 17.5 Å². The third kappa shape index (κ3) is 7.97. The van der Waals surface area contributed by atoms with E-state index in [1.165, 1.54) is 0 Å². The molecule has 2 aromatic carbocycles. The number of primary amides is 1. The first-order valence-electron chi connectivity index (χ1n) is 11.8. The fraction of sp³-hybridized carbons (Fsp3) is 0.407. The van der Waals surface area contributed by atoms with Crippen molar-refractivity contribution in [3.63, 3.8) is 0 Å². The summed E-state index contributed by atoms with van der Waals surface area (Å²) in [6.45, 7) is 3.53. The maximum Gasteiger partial charge on any atom is 0.220 e. The van der Waals surface area contributed by atoms with Crippen molar-refractivity contribution < 1.29 is 14.3 Å². The van der Waals surface area contributed by atoms with E-state index in [2.05, 4.69) is 34.5 Å². The molecule has 0 saturated heterocycles. The van der Waals surface area contributed by atoms with E-state index in [1.54, 1.807) is 6.92 Å². The second-order valence-corrected chi connectivity index (χ2v) is 8.58. The number of amides is 2. The molecule has 0 aliphatic heterocycles.